The summed E-state index contributed by atoms with van der Waals surface area (Å²) in [5.41, 5.74) is 3.37. The summed E-state index contributed by atoms with van der Waals surface area (Å²) in [5.74, 6) is 0.646. The average molecular weight is 150 g/mol. The molecule has 56 valence electrons. The molecule has 0 saturated carbocycles. The van der Waals surface area contributed by atoms with E-state index >= 15 is 0 Å². The lowest BCUT2D eigenvalue weighted by Gasteiger charge is -2.10. The second-order valence-corrected chi connectivity index (χ2v) is 2.13. The molecule has 2 rings (SSSR count). The number of pyridine rings is 1. The summed E-state index contributed by atoms with van der Waals surface area (Å²) in [5, 5.41) is 6.53. The summed E-state index contributed by atoms with van der Waals surface area (Å²) >= 11 is 0. The van der Waals surface area contributed by atoms with Crippen LogP contribution in [0, 0.1) is 0 Å². The molecule has 0 radical (unpaired) electrons. The standard InChI is InChI=1S/C6H6N4O/c11-5-2-1-4-6(9-5)7-3-8-10-4/h1-3,10H,(H2,7,8,9,11). The smallest absolute Gasteiger partial charge is 0.249 e. The van der Waals surface area contributed by atoms with E-state index in [0.717, 1.165) is 5.69 Å². The van der Waals surface area contributed by atoms with Crippen molar-refractivity contribution in [2.45, 2.75) is 0 Å². The molecule has 3 N–H and O–H groups in total. The summed E-state index contributed by atoms with van der Waals surface area (Å²) in [6.45, 7) is 0. The number of aromatic nitrogens is 1. The van der Waals surface area contributed by atoms with Gasteiger partial charge in [-0.1, -0.05) is 0 Å². The van der Waals surface area contributed by atoms with Crippen LogP contribution in [0.4, 0.5) is 11.5 Å². The van der Waals surface area contributed by atoms with Crippen LogP contribution in [0.2, 0.25) is 0 Å². The molecule has 11 heavy (non-hydrogen) atoms. The summed E-state index contributed by atoms with van der Waals surface area (Å²) in [6.07, 6.45) is 1.47. The molecule has 0 saturated heterocycles. The number of nitrogens with zero attached hydrogens (tertiary/aromatic N) is 1. The maximum absolute atomic E-state index is 10.8. The lowest BCUT2D eigenvalue weighted by atomic mass is 10.4. The maximum atomic E-state index is 10.8. The summed E-state index contributed by atoms with van der Waals surface area (Å²) < 4.78 is 0. The van der Waals surface area contributed by atoms with Crippen LogP contribution in [0.25, 0.3) is 0 Å². The number of anilines is 2. The largest absolute Gasteiger partial charge is 0.329 e. The van der Waals surface area contributed by atoms with Gasteiger partial charge in [0.15, 0.2) is 0 Å². The minimum Gasteiger partial charge on any atom is -0.329 e. The Morgan fingerprint density at radius 1 is 1.36 bits per heavy atom. The van der Waals surface area contributed by atoms with Crippen LogP contribution >= 0.6 is 0 Å². The Bertz CT molecular complexity index is 354. The predicted molar refractivity (Wildman–Crippen MR) is 42.8 cm³/mol. The SMILES string of the molecule is O=c1ccc2c([nH]1)NC=NN2. The predicted octanol–water partition coefficient (Wildman–Crippen LogP) is 0.156. The third-order valence-corrected chi connectivity index (χ3v) is 1.38. The number of aromatic amines is 1. The molecular weight excluding hydrogens is 144 g/mol. The van der Waals surface area contributed by atoms with Crippen LogP contribution in [0.15, 0.2) is 22.0 Å². The minimum atomic E-state index is -0.131. The lowest BCUT2D eigenvalue weighted by Crippen LogP contribution is -2.14. The summed E-state index contributed by atoms with van der Waals surface area (Å²) in [6, 6.07) is 3.10. The Hall–Kier alpha value is -1.78. The molecule has 0 fully saturated rings. The molecule has 5 heteroatoms. The van der Waals surface area contributed by atoms with E-state index in [9.17, 15) is 4.79 Å². The van der Waals surface area contributed by atoms with Gasteiger partial charge in [0.05, 0.1) is 5.69 Å². The second-order valence-electron chi connectivity index (χ2n) is 2.13. The average Bonchev–Trinajstić information content (AvgIpc) is 2.04. The van der Waals surface area contributed by atoms with E-state index < -0.39 is 0 Å². The van der Waals surface area contributed by atoms with E-state index in [2.05, 4.69) is 20.8 Å². The number of H-pyrrole nitrogens is 1. The van der Waals surface area contributed by atoms with Gasteiger partial charge in [0.25, 0.3) is 0 Å². The van der Waals surface area contributed by atoms with Gasteiger partial charge >= 0.3 is 0 Å². The molecule has 0 amide bonds. The number of hydrogen-bond acceptors (Lipinski definition) is 4. The number of hydrazone groups is 1. The highest BCUT2D eigenvalue weighted by Gasteiger charge is 2.03. The highest BCUT2D eigenvalue weighted by molar-refractivity contribution is 5.84. The topological polar surface area (TPSA) is 69.3 Å². The molecule has 0 spiro atoms. The van der Waals surface area contributed by atoms with Gasteiger partial charge in [0, 0.05) is 6.07 Å². The number of nitrogens with one attached hydrogen (secondary N) is 3. The number of hydrogen-bond donors (Lipinski definition) is 3. The second kappa shape index (κ2) is 2.12. The van der Waals surface area contributed by atoms with Crippen LogP contribution < -0.4 is 16.3 Å². The first-order valence-corrected chi connectivity index (χ1v) is 3.14. The maximum Gasteiger partial charge on any atom is 0.249 e. The van der Waals surface area contributed by atoms with Crippen LogP contribution in [-0.2, 0) is 0 Å². The first-order chi connectivity index (χ1) is 5.36. The molecule has 0 aromatic carbocycles. The zero-order chi connectivity index (χ0) is 7.68. The Morgan fingerprint density at radius 2 is 2.27 bits per heavy atom. The van der Waals surface area contributed by atoms with Crippen molar-refractivity contribution in [1.29, 1.82) is 0 Å². The van der Waals surface area contributed by atoms with Gasteiger partial charge in [-0.3, -0.25) is 10.2 Å². The van der Waals surface area contributed by atoms with Crippen molar-refractivity contribution >= 4 is 17.8 Å². The molecule has 1 aromatic rings. The Morgan fingerprint density at radius 3 is 3.18 bits per heavy atom. The zero-order valence-electron chi connectivity index (χ0n) is 5.59. The fraction of sp³-hybridized carbons (Fsp3) is 0. The molecule has 2 heterocycles. The molecular formula is C6H6N4O. The van der Waals surface area contributed by atoms with E-state index in [4.69, 9.17) is 0 Å². The lowest BCUT2D eigenvalue weighted by molar-refractivity contribution is 1.20. The number of fused-ring (bicyclic) bond motifs is 1. The third kappa shape index (κ3) is 0.958. The highest BCUT2D eigenvalue weighted by atomic mass is 16.1. The molecule has 0 aliphatic carbocycles. The molecule has 1 aliphatic rings. The van der Waals surface area contributed by atoms with Crippen LogP contribution in [0.1, 0.15) is 0 Å². The van der Waals surface area contributed by atoms with Crippen molar-refractivity contribution in [2.75, 3.05) is 10.7 Å². The van der Waals surface area contributed by atoms with Crippen LogP contribution in [0.3, 0.4) is 0 Å². The van der Waals surface area contributed by atoms with Crippen molar-refractivity contribution in [3.05, 3.63) is 22.5 Å². The molecule has 1 aromatic heterocycles. The van der Waals surface area contributed by atoms with Gasteiger partial charge in [0.2, 0.25) is 5.56 Å². The van der Waals surface area contributed by atoms with Gasteiger partial charge in [0.1, 0.15) is 12.2 Å². The molecule has 0 atom stereocenters. The fourth-order valence-corrected chi connectivity index (χ4v) is 0.880. The van der Waals surface area contributed by atoms with E-state index in [1.54, 1.807) is 6.07 Å². The van der Waals surface area contributed by atoms with Crippen LogP contribution in [0.5, 0.6) is 0 Å². The van der Waals surface area contributed by atoms with Crippen molar-refractivity contribution in [2.24, 2.45) is 5.10 Å². The first kappa shape index (κ1) is 5.96. The fourth-order valence-electron chi connectivity index (χ4n) is 0.880. The molecule has 0 unspecified atom stereocenters. The van der Waals surface area contributed by atoms with Crippen molar-refractivity contribution in [3.8, 4) is 0 Å². The van der Waals surface area contributed by atoms with Crippen molar-refractivity contribution in [3.63, 3.8) is 0 Å². The zero-order valence-corrected chi connectivity index (χ0v) is 5.59. The van der Waals surface area contributed by atoms with Gasteiger partial charge in [-0.2, -0.15) is 5.10 Å². The van der Waals surface area contributed by atoms with E-state index in [1.165, 1.54) is 12.4 Å². The molecule has 1 aliphatic heterocycles. The Kier molecular flexibility index (Phi) is 1.15. The third-order valence-electron chi connectivity index (χ3n) is 1.38. The van der Waals surface area contributed by atoms with E-state index in [0.29, 0.717) is 5.82 Å². The van der Waals surface area contributed by atoms with Crippen LogP contribution in [-0.4, -0.2) is 11.3 Å². The van der Waals surface area contributed by atoms with E-state index in [-0.39, 0.29) is 5.56 Å². The van der Waals surface area contributed by atoms with Gasteiger partial charge in [-0.25, -0.2) is 0 Å². The summed E-state index contributed by atoms with van der Waals surface area (Å²) in [4.78, 5) is 13.4. The summed E-state index contributed by atoms with van der Waals surface area (Å²) in [7, 11) is 0. The van der Waals surface area contributed by atoms with Gasteiger partial charge in [-0.15, -0.1) is 0 Å². The monoisotopic (exact) mass is 150 g/mol. The van der Waals surface area contributed by atoms with Crippen molar-refractivity contribution in [1.82, 2.24) is 4.98 Å². The first-order valence-electron chi connectivity index (χ1n) is 3.14. The number of rotatable bonds is 0. The van der Waals surface area contributed by atoms with Gasteiger partial charge < -0.3 is 10.3 Å². The quantitative estimate of drug-likeness (QED) is 0.493. The Labute approximate surface area is 62.1 Å². The highest BCUT2D eigenvalue weighted by Crippen LogP contribution is 2.16. The molecule has 5 nitrogen and oxygen atoms in total. The normalized spacial score (nSPS) is 13.1. The minimum absolute atomic E-state index is 0.131. The molecule has 0 bridgehead atoms. The van der Waals surface area contributed by atoms with Crippen molar-refractivity contribution < 1.29 is 0 Å². The van der Waals surface area contributed by atoms with E-state index in [1.807, 2.05) is 0 Å². The van der Waals surface area contributed by atoms with Gasteiger partial charge in [-0.05, 0) is 6.07 Å². The Balaban J connectivity index is 2.56.